The Balaban J connectivity index is 3.14. The monoisotopic (exact) mass is 275 g/mol. The molecule has 0 saturated carbocycles. The second-order valence-electron chi connectivity index (χ2n) is 4.93. The molecule has 0 aliphatic rings. The van der Waals surface area contributed by atoms with Crippen molar-refractivity contribution in [2.75, 3.05) is 20.7 Å². The zero-order chi connectivity index (χ0) is 15.0. The quantitative estimate of drug-likeness (QED) is 0.565. The van der Waals surface area contributed by atoms with E-state index in [4.69, 9.17) is 4.74 Å². The molecule has 1 aromatic carbocycles. The van der Waals surface area contributed by atoms with Gasteiger partial charge in [0, 0.05) is 6.04 Å². The Morgan fingerprint density at radius 2 is 1.90 bits per heavy atom. The molecular formula is C17H25NO2. The van der Waals surface area contributed by atoms with Gasteiger partial charge >= 0.3 is 5.97 Å². The summed E-state index contributed by atoms with van der Waals surface area (Å²) in [4.78, 5) is 14.4. The molecule has 0 radical (unpaired) electrons. The molecule has 2 atom stereocenters. The van der Waals surface area contributed by atoms with Crippen molar-refractivity contribution in [3.63, 3.8) is 0 Å². The van der Waals surface area contributed by atoms with Crippen molar-refractivity contribution in [1.82, 2.24) is 4.90 Å². The highest BCUT2D eigenvalue weighted by Crippen LogP contribution is 2.25. The molecule has 3 nitrogen and oxygen atoms in total. The van der Waals surface area contributed by atoms with Crippen LogP contribution in [0.5, 0.6) is 0 Å². The first kappa shape index (κ1) is 16.4. The van der Waals surface area contributed by atoms with Gasteiger partial charge in [-0.1, -0.05) is 49.4 Å². The maximum Gasteiger partial charge on any atom is 0.315 e. The van der Waals surface area contributed by atoms with Gasteiger partial charge in [-0.25, -0.2) is 0 Å². The lowest BCUT2D eigenvalue weighted by atomic mass is 9.90. The molecule has 110 valence electrons. The van der Waals surface area contributed by atoms with Crippen molar-refractivity contribution < 1.29 is 9.53 Å². The second-order valence-corrected chi connectivity index (χ2v) is 4.93. The van der Waals surface area contributed by atoms with Crippen LogP contribution in [0.1, 0.15) is 31.7 Å². The van der Waals surface area contributed by atoms with E-state index in [0.29, 0.717) is 6.61 Å². The Morgan fingerprint density at radius 3 is 2.40 bits per heavy atom. The SMILES string of the molecule is CCC=CC(C(C(=O)OCC)c1ccccc1)N(C)C. The Kier molecular flexibility index (Phi) is 7.02. The van der Waals surface area contributed by atoms with E-state index >= 15 is 0 Å². The molecule has 2 unspecified atom stereocenters. The summed E-state index contributed by atoms with van der Waals surface area (Å²) in [6, 6.07) is 9.83. The zero-order valence-corrected chi connectivity index (χ0v) is 12.9. The van der Waals surface area contributed by atoms with Crippen LogP contribution in [-0.4, -0.2) is 37.6 Å². The molecule has 3 heteroatoms. The molecule has 1 rings (SSSR count). The molecule has 0 spiro atoms. The van der Waals surface area contributed by atoms with Gasteiger partial charge in [0.25, 0.3) is 0 Å². The summed E-state index contributed by atoms with van der Waals surface area (Å²) in [6.45, 7) is 4.33. The topological polar surface area (TPSA) is 29.5 Å². The number of rotatable bonds is 7. The maximum atomic E-state index is 12.4. The highest BCUT2D eigenvalue weighted by atomic mass is 16.5. The van der Waals surface area contributed by atoms with Gasteiger partial charge in [-0.05, 0) is 33.0 Å². The predicted molar refractivity (Wildman–Crippen MR) is 82.7 cm³/mol. The summed E-state index contributed by atoms with van der Waals surface area (Å²) in [7, 11) is 3.97. The van der Waals surface area contributed by atoms with Gasteiger partial charge in [-0.15, -0.1) is 0 Å². The first-order valence-corrected chi connectivity index (χ1v) is 7.16. The van der Waals surface area contributed by atoms with Gasteiger partial charge in [-0.3, -0.25) is 4.79 Å². The fraction of sp³-hybridized carbons (Fsp3) is 0.471. The van der Waals surface area contributed by atoms with Gasteiger partial charge in [0.05, 0.1) is 6.61 Å². The lowest BCUT2D eigenvalue weighted by molar-refractivity contribution is -0.146. The van der Waals surface area contributed by atoms with E-state index in [1.807, 2.05) is 51.4 Å². The summed E-state index contributed by atoms with van der Waals surface area (Å²) in [6.07, 6.45) is 5.14. The van der Waals surface area contributed by atoms with Crippen LogP contribution in [0.15, 0.2) is 42.5 Å². The van der Waals surface area contributed by atoms with Crippen LogP contribution in [0.2, 0.25) is 0 Å². The number of nitrogens with zero attached hydrogens (tertiary/aromatic N) is 1. The molecule has 0 bridgehead atoms. The molecule has 0 aliphatic heterocycles. The first-order valence-electron chi connectivity index (χ1n) is 7.16. The molecule has 0 fully saturated rings. The fourth-order valence-electron chi connectivity index (χ4n) is 2.22. The third-order valence-corrected chi connectivity index (χ3v) is 3.21. The van der Waals surface area contributed by atoms with Gasteiger partial charge < -0.3 is 9.64 Å². The van der Waals surface area contributed by atoms with Crippen molar-refractivity contribution in [3.05, 3.63) is 48.0 Å². The average Bonchev–Trinajstić information content (AvgIpc) is 2.44. The maximum absolute atomic E-state index is 12.4. The number of likely N-dealkylation sites (N-methyl/N-ethyl adjacent to an activating group) is 1. The number of hydrogen-bond acceptors (Lipinski definition) is 3. The highest BCUT2D eigenvalue weighted by molar-refractivity contribution is 5.79. The van der Waals surface area contributed by atoms with Crippen LogP contribution in [0.3, 0.4) is 0 Å². The summed E-state index contributed by atoms with van der Waals surface area (Å²) in [5.41, 5.74) is 0.991. The first-order chi connectivity index (χ1) is 9.61. The number of allylic oxidation sites excluding steroid dienone is 1. The summed E-state index contributed by atoms with van der Waals surface area (Å²) in [5.74, 6) is -0.466. The zero-order valence-electron chi connectivity index (χ0n) is 12.9. The van der Waals surface area contributed by atoms with E-state index in [2.05, 4.69) is 24.0 Å². The minimum Gasteiger partial charge on any atom is -0.465 e. The van der Waals surface area contributed by atoms with Crippen molar-refractivity contribution in [3.8, 4) is 0 Å². The minimum absolute atomic E-state index is 0.00333. The van der Waals surface area contributed by atoms with E-state index in [1.165, 1.54) is 0 Å². The number of ether oxygens (including phenoxy) is 1. The Morgan fingerprint density at radius 1 is 1.25 bits per heavy atom. The van der Waals surface area contributed by atoms with Gasteiger partial charge in [0.1, 0.15) is 5.92 Å². The van der Waals surface area contributed by atoms with Crippen molar-refractivity contribution in [2.24, 2.45) is 0 Å². The summed E-state index contributed by atoms with van der Waals surface area (Å²) in [5, 5.41) is 0. The van der Waals surface area contributed by atoms with Crippen molar-refractivity contribution >= 4 is 5.97 Å². The lowest BCUT2D eigenvalue weighted by Gasteiger charge is -2.29. The minimum atomic E-state index is -0.297. The Bertz CT molecular complexity index is 426. The molecule has 1 aromatic rings. The number of carbonyl (C=O) groups is 1. The molecule has 0 heterocycles. The van der Waals surface area contributed by atoms with Gasteiger partial charge in [0.2, 0.25) is 0 Å². The van der Waals surface area contributed by atoms with E-state index < -0.39 is 0 Å². The molecule has 0 saturated heterocycles. The van der Waals surface area contributed by atoms with Crippen LogP contribution >= 0.6 is 0 Å². The summed E-state index contributed by atoms with van der Waals surface area (Å²) >= 11 is 0. The predicted octanol–water partition coefficient (Wildman–Crippen LogP) is 3.23. The number of benzene rings is 1. The molecule has 0 amide bonds. The fourth-order valence-corrected chi connectivity index (χ4v) is 2.22. The molecule has 0 aromatic heterocycles. The van der Waals surface area contributed by atoms with Crippen LogP contribution in [0, 0.1) is 0 Å². The molecule has 0 aliphatic carbocycles. The third-order valence-electron chi connectivity index (χ3n) is 3.21. The number of hydrogen-bond donors (Lipinski definition) is 0. The largest absolute Gasteiger partial charge is 0.465 e. The lowest BCUT2D eigenvalue weighted by Crippen LogP contribution is -2.37. The van der Waals surface area contributed by atoms with Crippen LogP contribution < -0.4 is 0 Å². The van der Waals surface area contributed by atoms with Crippen molar-refractivity contribution in [1.29, 1.82) is 0 Å². The Labute approximate surface area is 122 Å². The molecular weight excluding hydrogens is 250 g/mol. The number of esters is 1. The molecule has 0 N–H and O–H groups in total. The third kappa shape index (κ3) is 4.49. The van der Waals surface area contributed by atoms with Crippen LogP contribution in [-0.2, 0) is 9.53 Å². The van der Waals surface area contributed by atoms with E-state index in [9.17, 15) is 4.79 Å². The van der Waals surface area contributed by atoms with Crippen LogP contribution in [0.25, 0.3) is 0 Å². The number of carbonyl (C=O) groups excluding carboxylic acids is 1. The standard InChI is InChI=1S/C17H25NO2/c1-5-7-13-15(18(3)4)16(17(19)20-6-2)14-11-9-8-10-12-14/h7-13,15-16H,5-6H2,1-4H3. The Hall–Kier alpha value is -1.61. The van der Waals surface area contributed by atoms with E-state index in [0.717, 1.165) is 12.0 Å². The highest BCUT2D eigenvalue weighted by Gasteiger charge is 2.30. The summed E-state index contributed by atoms with van der Waals surface area (Å²) < 4.78 is 5.27. The van der Waals surface area contributed by atoms with E-state index in [-0.39, 0.29) is 17.9 Å². The molecule has 20 heavy (non-hydrogen) atoms. The average molecular weight is 275 g/mol. The van der Waals surface area contributed by atoms with Crippen LogP contribution in [0.4, 0.5) is 0 Å². The van der Waals surface area contributed by atoms with E-state index in [1.54, 1.807) is 0 Å². The smallest absolute Gasteiger partial charge is 0.315 e. The second kappa shape index (κ2) is 8.54. The normalized spacial score (nSPS) is 14.4. The van der Waals surface area contributed by atoms with Gasteiger partial charge in [-0.2, -0.15) is 0 Å². The van der Waals surface area contributed by atoms with Gasteiger partial charge in [0.15, 0.2) is 0 Å². The van der Waals surface area contributed by atoms with Crippen molar-refractivity contribution in [2.45, 2.75) is 32.2 Å².